The Morgan fingerprint density at radius 1 is 0.294 bits per heavy atom. The molecule has 1 heteroatoms. The molecular weight excluding hydrogens is 407 g/mol. The number of hydrogen-bond acceptors (Lipinski definition) is 0. The predicted octanol–water partition coefficient (Wildman–Crippen LogP) is 9.27. The van der Waals surface area contributed by atoms with Gasteiger partial charge in [-0.25, -0.2) is 0 Å². The Morgan fingerprint density at radius 2 is 0.618 bits per heavy atom. The Kier molecular flexibility index (Phi) is 8.43. The third kappa shape index (κ3) is 5.27. The summed E-state index contributed by atoms with van der Waals surface area (Å²) in [4.78, 5) is 0. The Bertz CT molecular complexity index is 1330. The van der Waals surface area contributed by atoms with Gasteiger partial charge in [-0.1, -0.05) is 153 Å². The van der Waals surface area contributed by atoms with Gasteiger partial charge in [-0.05, 0) is 43.8 Å². The van der Waals surface area contributed by atoms with Gasteiger partial charge in [-0.2, -0.15) is 0 Å². The Balaban J connectivity index is 0.000000201. The summed E-state index contributed by atoms with van der Waals surface area (Å²) in [6.07, 6.45) is 0. The lowest BCUT2D eigenvalue weighted by atomic mass is 9.94. The Hall–Kier alpha value is -4.10. The fourth-order valence-corrected chi connectivity index (χ4v) is 4.18. The highest BCUT2D eigenvalue weighted by molar-refractivity contribution is 6.05. The Morgan fingerprint density at radius 3 is 1.03 bits per heavy atom. The molecule has 6 rings (SSSR count). The summed E-state index contributed by atoms with van der Waals surface area (Å²) in [6.45, 7) is 0. The molecule has 0 aromatic heterocycles. The highest BCUT2D eigenvalue weighted by atomic mass is 14.1. The lowest BCUT2D eigenvalue weighted by molar-refractivity contribution is 1.62. The van der Waals surface area contributed by atoms with Crippen LogP contribution in [0.2, 0.25) is 0 Å². The molecule has 0 spiro atoms. The topological polar surface area (TPSA) is 0 Å². The average Bonchev–Trinajstić information content (AvgIpc) is 2.89. The largest absolute Gasteiger partial charge is 0.0776 e. The number of benzene rings is 6. The first kappa shape index (κ1) is 24.5. The van der Waals surface area contributed by atoms with Crippen molar-refractivity contribution in [2.24, 2.45) is 0 Å². The van der Waals surface area contributed by atoms with Gasteiger partial charge in [0.2, 0.25) is 0 Å². The zero-order chi connectivity index (χ0) is 21.6. The van der Waals surface area contributed by atoms with Crippen molar-refractivity contribution >= 4 is 30.0 Å². The monoisotopic (exact) mass is 435 g/mol. The van der Waals surface area contributed by atoms with Crippen LogP contribution in [0.15, 0.2) is 146 Å². The van der Waals surface area contributed by atoms with Gasteiger partial charge in [-0.3, -0.25) is 0 Å². The van der Waals surface area contributed by atoms with E-state index < -0.39 is 0 Å². The summed E-state index contributed by atoms with van der Waals surface area (Å²) in [7, 11) is 0. The van der Waals surface area contributed by atoms with Crippen LogP contribution in [0.3, 0.4) is 0 Å². The van der Waals surface area contributed by atoms with Gasteiger partial charge in [0.25, 0.3) is 0 Å². The molecule has 0 aliphatic heterocycles. The van der Waals surface area contributed by atoms with E-state index in [1.807, 2.05) is 12.1 Å². The summed E-state index contributed by atoms with van der Waals surface area (Å²) in [5, 5.41) is 5.20. The maximum Gasteiger partial charge on any atom is 0 e. The van der Waals surface area contributed by atoms with E-state index in [1.165, 1.54) is 43.8 Å². The summed E-state index contributed by atoms with van der Waals surface area (Å²) >= 11 is 0. The molecule has 6 aromatic rings. The highest BCUT2D eigenvalue weighted by Gasteiger charge is 2.06. The zero-order valence-electron chi connectivity index (χ0n) is 18.4. The highest BCUT2D eigenvalue weighted by Crippen LogP contribution is 2.33. The fraction of sp³-hybridized carbons (Fsp3) is 0.0303. The first-order chi connectivity index (χ1) is 15.9. The molecule has 163 valence electrons. The van der Waals surface area contributed by atoms with E-state index in [0.29, 0.717) is 0 Å². The number of fused-ring (bicyclic) bond motifs is 2. The maximum atomic E-state index is 2.21. The van der Waals surface area contributed by atoms with Crippen LogP contribution in [0.4, 0.5) is 0 Å². The number of rotatable bonds is 2. The molecule has 0 atom stereocenters. The van der Waals surface area contributed by atoms with Gasteiger partial charge in [-0.15, -0.1) is 0 Å². The first-order valence-electron chi connectivity index (χ1n) is 11.0. The molecule has 0 aliphatic carbocycles. The lowest BCUT2D eigenvalue weighted by Gasteiger charge is -2.10. The third-order valence-electron chi connectivity index (χ3n) is 5.75. The van der Waals surface area contributed by atoms with Gasteiger partial charge in [0.1, 0.15) is 0 Å². The molecular formula is C33H28B. The minimum atomic E-state index is 0. The molecule has 0 saturated heterocycles. The van der Waals surface area contributed by atoms with Crippen molar-refractivity contribution in [3.05, 3.63) is 146 Å². The first-order valence-corrected chi connectivity index (χ1v) is 11.0. The van der Waals surface area contributed by atoms with E-state index in [1.54, 1.807) is 0 Å². The molecule has 0 aliphatic rings. The molecule has 0 N–H and O–H groups in total. The smallest absolute Gasteiger partial charge is 0 e. The molecule has 0 amide bonds. The second kappa shape index (κ2) is 11.7. The average molecular weight is 435 g/mol. The molecule has 0 unspecified atom stereocenters. The van der Waals surface area contributed by atoms with Crippen LogP contribution in [-0.2, 0) is 0 Å². The van der Waals surface area contributed by atoms with Crippen molar-refractivity contribution in [1.29, 1.82) is 0 Å². The van der Waals surface area contributed by atoms with Crippen LogP contribution in [0.1, 0.15) is 7.43 Å². The molecule has 0 bridgehead atoms. The molecule has 0 heterocycles. The van der Waals surface area contributed by atoms with Crippen molar-refractivity contribution in [3.63, 3.8) is 0 Å². The quantitative estimate of drug-likeness (QED) is 0.238. The molecule has 0 saturated carbocycles. The second-order valence-electron chi connectivity index (χ2n) is 7.79. The van der Waals surface area contributed by atoms with Crippen LogP contribution < -0.4 is 0 Å². The fourth-order valence-electron chi connectivity index (χ4n) is 4.18. The predicted molar refractivity (Wildman–Crippen MR) is 151 cm³/mol. The summed E-state index contributed by atoms with van der Waals surface area (Å²) in [5.74, 6) is 0. The van der Waals surface area contributed by atoms with Crippen LogP contribution in [-0.4, -0.2) is 8.41 Å². The van der Waals surface area contributed by atoms with E-state index in [9.17, 15) is 0 Å². The molecule has 6 aromatic carbocycles. The van der Waals surface area contributed by atoms with Gasteiger partial charge < -0.3 is 0 Å². The van der Waals surface area contributed by atoms with E-state index in [4.69, 9.17) is 0 Å². The minimum absolute atomic E-state index is 0. The molecule has 34 heavy (non-hydrogen) atoms. The SMILES string of the molecule is C.[B].c1ccc(-c2ccccc2)cc1.c1ccc2c(-c3cccc4ccccc34)cccc2c1. The van der Waals surface area contributed by atoms with Crippen molar-refractivity contribution in [1.82, 2.24) is 0 Å². The molecule has 0 fully saturated rings. The Labute approximate surface area is 205 Å². The van der Waals surface area contributed by atoms with E-state index >= 15 is 0 Å². The third-order valence-corrected chi connectivity index (χ3v) is 5.75. The van der Waals surface area contributed by atoms with E-state index in [-0.39, 0.29) is 15.8 Å². The van der Waals surface area contributed by atoms with Crippen molar-refractivity contribution in [2.75, 3.05) is 0 Å². The lowest BCUT2D eigenvalue weighted by Crippen LogP contribution is -1.83. The maximum absolute atomic E-state index is 2.21. The van der Waals surface area contributed by atoms with E-state index in [0.717, 1.165) is 0 Å². The van der Waals surface area contributed by atoms with Gasteiger partial charge in [0.15, 0.2) is 0 Å². The molecule has 0 nitrogen and oxygen atoms in total. The zero-order valence-corrected chi connectivity index (χ0v) is 18.4. The van der Waals surface area contributed by atoms with Gasteiger partial charge in [0, 0.05) is 8.41 Å². The van der Waals surface area contributed by atoms with Crippen molar-refractivity contribution < 1.29 is 0 Å². The van der Waals surface area contributed by atoms with Crippen LogP contribution >= 0.6 is 0 Å². The summed E-state index contributed by atoms with van der Waals surface area (Å²) in [6, 6.07) is 51.0. The second-order valence-corrected chi connectivity index (χ2v) is 7.79. The minimum Gasteiger partial charge on any atom is -0.0776 e. The van der Waals surface area contributed by atoms with Gasteiger partial charge in [0.05, 0.1) is 0 Å². The van der Waals surface area contributed by atoms with Crippen molar-refractivity contribution in [3.8, 4) is 22.3 Å². The van der Waals surface area contributed by atoms with Crippen molar-refractivity contribution in [2.45, 2.75) is 7.43 Å². The number of hydrogen-bond donors (Lipinski definition) is 0. The van der Waals surface area contributed by atoms with Gasteiger partial charge >= 0.3 is 0 Å². The summed E-state index contributed by atoms with van der Waals surface area (Å²) < 4.78 is 0. The summed E-state index contributed by atoms with van der Waals surface area (Å²) in [5.41, 5.74) is 5.16. The normalized spacial score (nSPS) is 9.88. The van der Waals surface area contributed by atoms with Crippen LogP contribution in [0.5, 0.6) is 0 Å². The standard InChI is InChI=1S/C20H14.C12H10.CH4.B/c1-3-11-17-15(7-1)9-5-13-19(17)20-14-6-10-16-8-2-4-12-18(16)20;1-3-7-11(8-4-1)12-9-5-2-6-10-12;;/h1-14H;1-10H;1H4;. The van der Waals surface area contributed by atoms with Crippen LogP contribution in [0.25, 0.3) is 43.8 Å². The van der Waals surface area contributed by atoms with E-state index in [2.05, 4.69) is 133 Å². The van der Waals surface area contributed by atoms with Crippen LogP contribution in [0, 0.1) is 0 Å². The molecule has 3 radical (unpaired) electrons.